The van der Waals surface area contributed by atoms with Gasteiger partial charge in [-0.25, -0.2) is 4.79 Å². The van der Waals surface area contributed by atoms with Crippen LogP contribution in [0, 0.1) is 5.92 Å². The molecule has 3 aliphatic heterocycles. The van der Waals surface area contributed by atoms with Crippen LogP contribution < -0.4 is 0 Å². The van der Waals surface area contributed by atoms with Crippen LogP contribution in [0.15, 0.2) is 9.93 Å². The van der Waals surface area contributed by atoms with E-state index in [0.717, 1.165) is 6.42 Å². The molecule has 132 valence electrons. The minimum Gasteiger partial charge on any atom is -0.477 e. The maximum absolute atomic E-state index is 12.2. The van der Waals surface area contributed by atoms with E-state index in [1.807, 2.05) is 6.92 Å². The number of carboxylic acids is 1. The molecule has 4 atom stereocenters. The van der Waals surface area contributed by atoms with E-state index in [0.29, 0.717) is 23.7 Å². The van der Waals surface area contributed by atoms with Gasteiger partial charge < -0.3 is 15.1 Å². The summed E-state index contributed by atoms with van der Waals surface area (Å²) in [4.78, 5) is 38.6. The van der Waals surface area contributed by atoms with Crippen molar-refractivity contribution in [2.75, 3.05) is 13.1 Å². The number of carbonyl (C=O) groups is 3. The Kier molecular flexibility index (Phi) is 4.85. The fourth-order valence-corrected chi connectivity index (χ4v) is 6.58. The van der Waals surface area contributed by atoms with Gasteiger partial charge >= 0.3 is 5.97 Å². The number of amides is 2. The highest BCUT2D eigenvalue weighted by Crippen LogP contribution is 2.55. The highest BCUT2D eigenvalue weighted by molar-refractivity contribution is 8.23. The molecular weight excluding hydrogens is 352 g/mol. The number of carboxylic acid groups (broad SMARTS) is 1. The second-order valence-corrected chi connectivity index (χ2v) is 8.84. The number of aliphatic hydroxyl groups excluding tert-OH is 1. The van der Waals surface area contributed by atoms with Crippen LogP contribution in [0.25, 0.3) is 0 Å². The molecule has 24 heavy (non-hydrogen) atoms. The van der Waals surface area contributed by atoms with Crippen molar-refractivity contribution in [3.8, 4) is 0 Å². The van der Waals surface area contributed by atoms with Crippen LogP contribution >= 0.6 is 23.5 Å². The Morgan fingerprint density at radius 1 is 1.46 bits per heavy atom. The normalized spacial score (nSPS) is 30.5. The molecule has 3 rings (SSSR count). The lowest BCUT2D eigenvalue weighted by Crippen LogP contribution is -2.60. The molecule has 0 bridgehead atoms. The summed E-state index contributed by atoms with van der Waals surface area (Å²) in [7, 11) is 0. The topological polar surface area (TPSA) is 98.2 Å². The van der Waals surface area contributed by atoms with Gasteiger partial charge in [0.2, 0.25) is 11.8 Å². The SMILES string of the molecule is CCC(=O)N1CCC(SC2=C(C(=O)O)N3C(=O)C(C(C)O)[C@H]3S2)C1. The van der Waals surface area contributed by atoms with Gasteiger partial charge in [0.1, 0.15) is 5.37 Å². The van der Waals surface area contributed by atoms with Crippen LogP contribution in [0.3, 0.4) is 0 Å². The van der Waals surface area contributed by atoms with Crippen molar-refractivity contribution in [1.82, 2.24) is 9.80 Å². The standard InChI is InChI=1S/C15H20N2O5S2/c1-3-9(19)16-5-4-8(6-16)23-15-11(14(21)22)17-12(20)10(7(2)18)13(17)24-15/h7-8,10,13,18H,3-6H2,1-2H3,(H,21,22)/t7?,8?,10?,13-/m1/s1. The third kappa shape index (κ3) is 2.82. The Hall–Kier alpha value is -1.19. The zero-order chi connectivity index (χ0) is 17.6. The first-order valence-corrected chi connectivity index (χ1v) is 9.70. The first kappa shape index (κ1) is 17.6. The van der Waals surface area contributed by atoms with Crippen LogP contribution in [0.5, 0.6) is 0 Å². The highest BCUT2D eigenvalue weighted by Gasteiger charge is 2.58. The van der Waals surface area contributed by atoms with Crippen molar-refractivity contribution in [3.63, 3.8) is 0 Å². The number of hydrogen-bond acceptors (Lipinski definition) is 6. The molecule has 2 amide bonds. The van der Waals surface area contributed by atoms with Gasteiger partial charge in [0.05, 0.1) is 16.3 Å². The average Bonchev–Trinajstić information content (AvgIpc) is 3.09. The largest absolute Gasteiger partial charge is 0.477 e. The highest BCUT2D eigenvalue weighted by atomic mass is 32.2. The summed E-state index contributed by atoms with van der Waals surface area (Å²) in [5.74, 6) is -1.89. The summed E-state index contributed by atoms with van der Waals surface area (Å²) in [5, 5.41) is 19.0. The van der Waals surface area contributed by atoms with Crippen LogP contribution in [-0.4, -0.2) is 67.6 Å². The molecule has 0 radical (unpaired) electrons. The van der Waals surface area contributed by atoms with Crippen molar-refractivity contribution < 1.29 is 24.6 Å². The van der Waals surface area contributed by atoms with Gasteiger partial charge in [-0.15, -0.1) is 11.8 Å². The van der Waals surface area contributed by atoms with Crippen molar-refractivity contribution in [2.24, 2.45) is 5.92 Å². The zero-order valence-corrected chi connectivity index (χ0v) is 15.1. The van der Waals surface area contributed by atoms with Crippen LogP contribution in [0.4, 0.5) is 0 Å². The number of thioether (sulfide) groups is 2. The van der Waals surface area contributed by atoms with Gasteiger partial charge in [-0.2, -0.15) is 0 Å². The Labute approximate surface area is 148 Å². The molecule has 3 unspecified atom stereocenters. The lowest BCUT2D eigenvalue weighted by molar-refractivity contribution is -0.156. The number of likely N-dealkylation sites (tertiary alicyclic amines) is 1. The quantitative estimate of drug-likeness (QED) is 0.692. The molecule has 9 heteroatoms. The average molecular weight is 372 g/mol. The van der Waals surface area contributed by atoms with Gasteiger partial charge in [0.15, 0.2) is 5.70 Å². The monoisotopic (exact) mass is 372 g/mol. The summed E-state index contributed by atoms with van der Waals surface area (Å²) < 4.78 is 0.611. The molecule has 2 N–H and O–H groups in total. The summed E-state index contributed by atoms with van der Waals surface area (Å²) >= 11 is 2.78. The van der Waals surface area contributed by atoms with Crippen molar-refractivity contribution in [3.05, 3.63) is 9.93 Å². The third-order valence-electron chi connectivity index (χ3n) is 4.54. The Balaban J connectivity index is 1.73. The van der Waals surface area contributed by atoms with E-state index < -0.39 is 18.0 Å². The van der Waals surface area contributed by atoms with E-state index in [-0.39, 0.29) is 28.1 Å². The smallest absolute Gasteiger partial charge is 0.354 e. The minimum absolute atomic E-state index is 0.0252. The molecule has 0 spiro atoms. The molecule has 0 aromatic carbocycles. The van der Waals surface area contributed by atoms with Crippen LogP contribution in [0.1, 0.15) is 26.7 Å². The number of aliphatic carboxylic acids is 1. The van der Waals surface area contributed by atoms with E-state index in [2.05, 4.69) is 0 Å². The van der Waals surface area contributed by atoms with E-state index in [9.17, 15) is 24.6 Å². The van der Waals surface area contributed by atoms with Gasteiger partial charge in [-0.05, 0) is 13.3 Å². The summed E-state index contributed by atoms with van der Waals surface area (Å²) in [6.45, 7) is 4.67. The van der Waals surface area contributed by atoms with Crippen LogP contribution in [0.2, 0.25) is 0 Å². The molecule has 2 fully saturated rings. The Bertz CT molecular complexity index is 621. The van der Waals surface area contributed by atoms with E-state index in [1.165, 1.54) is 28.4 Å². The molecular formula is C15H20N2O5S2. The molecule has 0 saturated carbocycles. The summed E-state index contributed by atoms with van der Waals surface area (Å²) in [6.07, 6.45) is 0.483. The number of fused-ring (bicyclic) bond motifs is 1. The molecule has 7 nitrogen and oxygen atoms in total. The lowest BCUT2D eigenvalue weighted by atomic mass is 9.92. The fraction of sp³-hybridized carbons (Fsp3) is 0.667. The number of rotatable bonds is 5. The number of aliphatic hydroxyl groups is 1. The third-order valence-corrected chi connectivity index (χ3v) is 7.40. The fourth-order valence-electron chi connectivity index (χ4n) is 3.26. The molecule has 0 aromatic rings. The summed E-state index contributed by atoms with van der Waals surface area (Å²) in [5.41, 5.74) is 0.0252. The molecule has 3 aliphatic rings. The molecule has 0 aromatic heterocycles. The van der Waals surface area contributed by atoms with Gasteiger partial charge in [-0.3, -0.25) is 14.5 Å². The first-order valence-electron chi connectivity index (χ1n) is 7.95. The molecule has 2 saturated heterocycles. The van der Waals surface area contributed by atoms with Gasteiger partial charge in [0, 0.05) is 24.8 Å². The van der Waals surface area contributed by atoms with E-state index in [4.69, 9.17) is 0 Å². The maximum atomic E-state index is 12.2. The molecule has 0 aliphatic carbocycles. The van der Waals surface area contributed by atoms with Crippen LogP contribution in [-0.2, 0) is 14.4 Å². The number of β-lactam (4-membered cyclic amide) rings is 1. The predicted molar refractivity (Wildman–Crippen MR) is 90.9 cm³/mol. The van der Waals surface area contributed by atoms with Crippen molar-refractivity contribution >= 4 is 41.3 Å². The van der Waals surface area contributed by atoms with Gasteiger partial charge in [0.25, 0.3) is 0 Å². The lowest BCUT2D eigenvalue weighted by Gasteiger charge is -2.43. The second kappa shape index (κ2) is 6.61. The summed E-state index contributed by atoms with van der Waals surface area (Å²) in [6, 6.07) is 0. The Morgan fingerprint density at radius 2 is 2.17 bits per heavy atom. The van der Waals surface area contributed by atoms with E-state index >= 15 is 0 Å². The number of carbonyl (C=O) groups excluding carboxylic acids is 2. The van der Waals surface area contributed by atoms with Gasteiger partial charge in [-0.1, -0.05) is 18.7 Å². The van der Waals surface area contributed by atoms with Crippen molar-refractivity contribution in [1.29, 1.82) is 0 Å². The predicted octanol–water partition coefficient (Wildman–Crippen LogP) is 0.896. The Morgan fingerprint density at radius 3 is 2.75 bits per heavy atom. The zero-order valence-electron chi connectivity index (χ0n) is 13.5. The number of nitrogens with zero attached hydrogens (tertiary/aromatic N) is 2. The molecule has 3 heterocycles. The van der Waals surface area contributed by atoms with Crippen molar-refractivity contribution in [2.45, 2.75) is 43.4 Å². The second-order valence-electron chi connectivity index (χ2n) is 6.15. The minimum atomic E-state index is -1.12. The van der Waals surface area contributed by atoms with E-state index in [1.54, 1.807) is 11.8 Å². The maximum Gasteiger partial charge on any atom is 0.354 e. The number of hydrogen-bond donors (Lipinski definition) is 2. The first-order chi connectivity index (χ1) is 11.3.